The molecule has 0 unspecified atom stereocenters. The molecule has 0 aliphatic heterocycles. The predicted molar refractivity (Wildman–Crippen MR) is 84.5 cm³/mol. The van der Waals surface area contributed by atoms with Gasteiger partial charge in [-0.25, -0.2) is 4.79 Å². The molecule has 1 saturated carbocycles. The Bertz CT molecular complexity index is 699. The molecular formula is C18H19NO4. The Morgan fingerprint density at radius 3 is 2.48 bits per heavy atom. The van der Waals surface area contributed by atoms with Crippen molar-refractivity contribution in [1.29, 1.82) is 0 Å². The average Bonchev–Trinajstić information content (AvgIpc) is 3.18. The van der Waals surface area contributed by atoms with Gasteiger partial charge in [0, 0.05) is 11.6 Å². The summed E-state index contributed by atoms with van der Waals surface area (Å²) in [5.41, 5.74) is 0.883. The zero-order valence-electron chi connectivity index (χ0n) is 12.7. The van der Waals surface area contributed by atoms with Crippen LogP contribution in [0.3, 0.4) is 0 Å². The molecule has 0 bridgehead atoms. The van der Waals surface area contributed by atoms with E-state index < -0.39 is 5.97 Å². The molecule has 1 aromatic carbocycles. The summed E-state index contributed by atoms with van der Waals surface area (Å²) in [5, 5.41) is 12.0. The monoisotopic (exact) mass is 313 g/mol. The molecule has 1 aliphatic rings. The van der Waals surface area contributed by atoms with Crippen molar-refractivity contribution < 1.29 is 19.1 Å². The number of nitrogens with one attached hydrogen (secondary N) is 1. The van der Waals surface area contributed by atoms with Crippen molar-refractivity contribution in [2.24, 2.45) is 0 Å². The van der Waals surface area contributed by atoms with Gasteiger partial charge in [-0.1, -0.05) is 43.2 Å². The fourth-order valence-electron chi connectivity index (χ4n) is 3.25. The summed E-state index contributed by atoms with van der Waals surface area (Å²) in [6.45, 7) is 0. The van der Waals surface area contributed by atoms with Gasteiger partial charge in [0.1, 0.15) is 6.26 Å². The van der Waals surface area contributed by atoms with Crippen LogP contribution in [0.1, 0.15) is 52.2 Å². The van der Waals surface area contributed by atoms with Gasteiger partial charge in [-0.3, -0.25) is 4.79 Å². The lowest BCUT2D eigenvalue weighted by Crippen LogP contribution is -2.48. The van der Waals surface area contributed by atoms with Crippen LogP contribution in [0.5, 0.6) is 0 Å². The van der Waals surface area contributed by atoms with E-state index in [0.717, 1.165) is 38.4 Å². The quantitative estimate of drug-likeness (QED) is 0.888. The molecule has 0 saturated heterocycles. The Morgan fingerprint density at radius 1 is 1.17 bits per heavy atom. The average molecular weight is 313 g/mol. The molecule has 3 rings (SSSR count). The van der Waals surface area contributed by atoms with Gasteiger partial charge in [-0.15, -0.1) is 0 Å². The lowest BCUT2D eigenvalue weighted by Gasteiger charge is -2.30. The summed E-state index contributed by atoms with van der Waals surface area (Å²) in [6, 6.07) is 11.3. The second-order valence-corrected chi connectivity index (χ2v) is 6.11. The van der Waals surface area contributed by atoms with Crippen molar-refractivity contribution in [2.45, 2.75) is 37.6 Å². The van der Waals surface area contributed by atoms with Gasteiger partial charge >= 0.3 is 5.97 Å². The highest BCUT2D eigenvalue weighted by Crippen LogP contribution is 2.33. The number of rotatable bonds is 5. The lowest BCUT2D eigenvalue weighted by molar-refractivity contribution is 0.0695. The highest BCUT2D eigenvalue weighted by molar-refractivity contribution is 5.95. The Kier molecular flexibility index (Phi) is 4.19. The number of furan rings is 1. The standard InChI is InChI=1S/C18H19NO4/c20-16(15-10-14(12-23-15)17(21)22)19-18(8-4-5-9-18)11-13-6-2-1-3-7-13/h1-3,6-7,10,12H,4-5,8-9,11H2,(H,19,20)(H,21,22). The number of hydrogen-bond donors (Lipinski definition) is 2. The van der Waals surface area contributed by atoms with Crippen LogP contribution in [-0.4, -0.2) is 22.5 Å². The zero-order chi connectivity index (χ0) is 16.3. The van der Waals surface area contributed by atoms with Crippen molar-refractivity contribution in [3.05, 3.63) is 59.5 Å². The fourth-order valence-corrected chi connectivity index (χ4v) is 3.25. The summed E-state index contributed by atoms with van der Waals surface area (Å²) in [6.07, 6.45) is 5.85. The Labute approximate surface area is 134 Å². The van der Waals surface area contributed by atoms with Crippen LogP contribution in [0.15, 0.2) is 47.1 Å². The first-order valence-electron chi connectivity index (χ1n) is 7.76. The Morgan fingerprint density at radius 2 is 1.87 bits per heavy atom. The summed E-state index contributed by atoms with van der Waals surface area (Å²) in [4.78, 5) is 23.3. The number of amides is 1. The van der Waals surface area contributed by atoms with Crippen LogP contribution >= 0.6 is 0 Å². The van der Waals surface area contributed by atoms with Crippen LogP contribution in [0, 0.1) is 0 Å². The Balaban J connectivity index is 1.76. The van der Waals surface area contributed by atoms with Gasteiger partial charge in [-0.2, -0.15) is 0 Å². The number of hydrogen-bond acceptors (Lipinski definition) is 3. The maximum absolute atomic E-state index is 12.4. The second kappa shape index (κ2) is 6.28. The van der Waals surface area contributed by atoms with E-state index in [2.05, 4.69) is 17.4 Å². The van der Waals surface area contributed by atoms with E-state index in [9.17, 15) is 9.59 Å². The van der Waals surface area contributed by atoms with Crippen molar-refractivity contribution in [1.82, 2.24) is 5.32 Å². The fraction of sp³-hybridized carbons (Fsp3) is 0.333. The maximum Gasteiger partial charge on any atom is 0.338 e. The molecular weight excluding hydrogens is 294 g/mol. The topological polar surface area (TPSA) is 79.5 Å². The number of carboxylic acid groups (broad SMARTS) is 1. The molecule has 5 heteroatoms. The molecule has 0 spiro atoms. The molecule has 23 heavy (non-hydrogen) atoms. The van der Waals surface area contributed by atoms with Gasteiger partial charge in [0.2, 0.25) is 0 Å². The molecule has 2 aromatic rings. The summed E-state index contributed by atoms with van der Waals surface area (Å²) in [5.74, 6) is -1.41. The highest BCUT2D eigenvalue weighted by atomic mass is 16.4. The van der Waals surface area contributed by atoms with Crippen LogP contribution in [0.2, 0.25) is 0 Å². The summed E-state index contributed by atoms with van der Waals surface area (Å²) in [7, 11) is 0. The molecule has 5 nitrogen and oxygen atoms in total. The summed E-state index contributed by atoms with van der Waals surface area (Å²) >= 11 is 0. The second-order valence-electron chi connectivity index (χ2n) is 6.11. The molecule has 2 N–H and O–H groups in total. The van der Waals surface area contributed by atoms with Gasteiger partial charge < -0.3 is 14.8 Å². The minimum absolute atomic E-state index is 0.0151. The number of benzene rings is 1. The summed E-state index contributed by atoms with van der Waals surface area (Å²) < 4.78 is 5.10. The first kappa shape index (κ1) is 15.3. The predicted octanol–water partition coefficient (Wildman–Crippen LogP) is 3.26. The molecule has 1 heterocycles. The molecule has 0 atom stereocenters. The number of carbonyl (C=O) groups is 2. The van der Waals surface area contributed by atoms with E-state index in [1.54, 1.807) is 0 Å². The number of aromatic carboxylic acids is 1. The van der Waals surface area contributed by atoms with E-state index in [-0.39, 0.29) is 22.8 Å². The van der Waals surface area contributed by atoms with E-state index in [1.807, 2.05) is 18.2 Å². The van der Waals surface area contributed by atoms with Crippen LogP contribution in [-0.2, 0) is 6.42 Å². The number of carbonyl (C=O) groups excluding carboxylic acids is 1. The largest absolute Gasteiger partial charge is 0.478 e. The van der Waals surface area contributed by atoms with Crippen LogP contribution in [0.25, 0.3) is 0 Å². The molecule has 1 aromatic heterocycles. The third-order valence-corrected chi connectivity index (χ3v) is 4.39. The van der Waals surface area contributed by atoms with E-state index in [1.165, 1.54) is 11.6 Å². The van der Waals surface area contributed by atoms with Gasteiger partial charge in [0.05, 0.1) is 5.56 Å². The van der Waals surface area contributed by atoms with Gasteiger partial charge in [0.15, 0.2) is 5.76 Å². The van der Waals surface area contributed by atoms with Crippen molar-refractivity contribution in [3.8, 4) is 0 Å². The van der Waals surface area contributed by atoms with Crippen molar-refractivity contribution in [3.63, 3.8) is 0 Å². The third kappa shape index (κ3) is 3.44. The molecule has 120 valence electrons. The molecule has 0 radical (unpaired) electrons. The zero-order valence-corrected chi connectivity index (χ0v) is 12.7. The SMILES string of the molecule is O=C(O)c1coc(C(=O)NC2(Cc3ccccc3)CCCC2)c1. The van der Waals surface area contributed by atoms with Crippen molar-refractivity contribution >= 4 is 11.9 Å². The molecule has 1 amide bonds. The van der Waals surface area contributed by atoms with E-state index >= 15 is 0 Å². The van der Waals surface area contributed by atoms with E-state index in [4.69, 9.17) is 9.52 Å². The first-order chi connectivity index (χ1) is 11.1. The first-order valence-corrected chi connectivity index (χ1v) is 7.76. The Hall–Kier alpha value is -2.56. The highest BCUT2D eigenvalue weighted by Gasteiger charge is 2.36. The number of carboxylic acids is 1. The van der Waals surface area contributed by atoms with E-state index in [0.29, 0.717) is 0 Å². The van der Waals surface area contributed by atoms with Gasteiger partial charge in [0.25, 0.3) is 5.91 Å². The maximum atomic E-state index is 12.4. The smallest absolute Gasteiger partial charge is 0.338 e. The van der Waals surface area contributed by atoms with Crippen molar-refractivity contribution in [2.75, 3.05) is 0 Å². The minimum atomic E-state index is -1.10. The minimum Gasteiger partial charge on any atom is -0.478 e. The molecule has 1 aliphatic carbocycles. The van der Waals surface area contributed by atoms with Crippen LogP contribution < -0.4 is 5.32 Å². The third-order valence-electron chi connectivity index (χ3n) is 4.39. The van der Waals surface area contributed by atoms with Crippen LogP contribution in [0.4, 0.5) is 0 Å². The van der Waals surface area contributed by atoms with Gasteiger partial charge in [-0.05, 0) is 24.8 Å². The lowest BCUT2D eigenvalue weighted by atomic mass is 9.89. The molecule has 1 fully saturated rings. The normalized spacial score (nSPS) is 16.2.